The lowest BCUT2D eigenvalue weighted by molar-refractivity contribution is 0.0147. The van der Waals surface area contributed by atoms with Crippen LogP contribution in [0.5, 0.6) is 0 Å². The van der Waals surface area contributed by atoms with Crippen molar-refractivity contribution in [3.05, 3.63) is 75.3 Å². The summed E-state index contributed by atoms with van der Waals surface area (Å²) in [6.45, 7) is 4.17. The van der Waals surface area contributed by atoms with E-state index in [4.69, 9.17) is 10.5 Å². The SMILES string of the molecule is CC1CCC(c2cc(=O)c3c(C(N)=O)nccc3[nH]2)CO1.Cc1cccc(F)c1F. The third-order valence-corrected chi connectivity index (χ3v) is 5.08. The van der Waals surface area contributed by atoms with Crippen LogP contribution in [0.15, 0.2) is 41.3 Å². The summed E-state index contributed by atoms with van der Waals surface area (Å²) in [6.07, 6.45) is 3.67. The molecule has 0 saturated carbocycles. The molecule has 3 heterocycles. The molecular formula is C22H23F2N3O3. The molecule has 0 radical (unpaired) electrons. The van der Waals surface area contributed by atoms with Gasteiger partial charge in [0.25, 0.3) is 5.91 Å². The van der Waals surface area contributed by atoms with E-state index in [1.165, 1.54) is 31.3 Å². The van der Waals surface area contributed by atoms with Gasteiger partial charge in [-0.05, 0) is 44.4 Å². The lowest BCUT2D eigenvalue weighted by Crippen LogP contribution is -2.24. The van der Waals surface area contributed by atoms with Crippen LogP contribution in [-0.4, -0.2) is 28.6 Å². The Morgan fingerprint density at radius 3 is 2.63 bits per heavy atom. The zero-order chi connectivity index (χ0) is 21.8. The Morgan fingerprint density at radius 2 is 2.03 bits per heavy atom. The number of benzene rings is 1. The molecule has 3 aromatic rings. The van der Waals surface area contributed by atoms with E-state index < -0.39 is 17.5 Å². The number of hydrogen-bond donors (Lipinski definition) is 2. The molecule has 1 saturated heterocycles. The monoisotopic (exact) mass is 415 g/mol. The van der Waals surface area contributed by atoms with Gasteiger partial charge >= 0.3 is 0 Å². The Balaban J connectivity index is 0.000000239. The highest BCUT2D eigenvalue weighted by atomic mass is 19.2. The maximum Gasteiger partial charge on any atom is 0.268 e. The molecule has 0 spiro atoms. The minimum Gasteiger partial charge on any atom is -0.378 e. The van der Waals surface area contributed by atoms with E-state index in [9.17, 15) is 18.4 Å². The van der Waals surface area contributed by atoms with E-state index in [1.807, 2.05) is 6.92 Å². The Hall–Kier alpha value is -3.13. The normalized spacial score (nSPS) is 18.5. The molecule has 2 atom stereocenters. The van der Waals surface area contributed by atoms with E-state index in [0.29, 0.717) is 17.7 Å². The van der Waals surface area contributed by atoms with Gasteiger partial charge in [0, 0.05) is 23.9 Å². The van der Waals surface area contributed by atoms with Crippen molar-refractivity contribution >= 4 is 16.8 Å². The first-order valence-electron chi connectivity index (χ1n) is 9.62. The van der Waals surface area contributed by atoms with Gasteiger partial charge in [-0.25, -0.2) is 8.78 Å². The Kier molecular flexibility index (Phi) is 6.56. The minimum absolute atomic E-state index is 0.00816. The van der Waals surface area contributed by atoms with Crippen LogP contribution in [-0.2, 0) is 4.74 Å². The molecule has 6 nitrogen and oxygen atoms in total. The van der Waals surface area contributed by atoms with Crippen molar-refractivity contribution in [1.29, 1.82) is 0 Å². The third-order valence-electron chi connectivity index (χ3n) is 5.08. The van der Waals surface area contributed by atoms with E-state index in [-0.39, 0.29) is 28.5 Å². The molecular weight excluding hydrogens is 392 g/mol. The summed E-state index contributed by atoms with van der Waals surface area (Å²) in [7, 11) is 0. The van der Waals surface area contributed by atoms with Crippen LogP contribution in [0.3, 0.4) is 0 Å². The molecule has 158 valence electrons. The number of rotatable bonds is 2. The number of halogens is 2. The minimum atomic E-state index is -0.782. The van der Waals surface area contributed by atoms with Gasteiger partial charge < -0.3 is 15.5 Å². The van der Waals surface area contributed by atoms with Crippen LogP contribution in [0.4, 0.5) is 8.78 Å². The number of amides is 1. The lowest BCUT2D eigenvalue weighted by atomic mass is 9.95. The highest BCUT2D eigenvalue weighted by molar-refractivity contribution is 6.03. The quantitative estimate of drug-likeness (QED) is 0.668. The number of carbonyl (C=O) groups is 1. The van der Waals surface area contributed by atoms with Gasteiger partial charge in [-0.1, -0.05) is 12.1 Å². The first-order chi connectivity index (χ1) is 14.3. The van der Waals surface area contributed by atoms with Crippen LogP contribution in [0, 0.1) is 18.6 Å². The second-order valence-electron chi connectivity index (χ2n) is 7.32. The van der Waals surface area contributed by atoms with Gasteiger partial charge in [-0.3, -0.25) is 14.6 Å². The van der Waals surface area contributed by atoms with Crippen LogP contribution in [0.25, 0.3) is 10.9 Å². The Labute approximate surface area is 172 Å². The molecule has 1 fully saturated rings. The van der Waals surface area contributed by atoms with Crippen LogP contribution < -0.4 is 11.2 Å². The number of aryl methyl sites for hydroxylation is 1. The van der Waals surface area contributed by atoms with Crippen LogP contribution in [0.2, 0.25) is 0 Å². The zero-order valence-corrected chi connectivity index (χ0v) is 16.7. The zero-order valence-electron chi connectivity index (χ0n) is 16.7. The van der Waals surface area contributed by atoms with Crippen molar-refractivity contribution < 1.29 is 18.3 Å². The smallest absolute Gasteiger partial charge is 0.268 e. The molecule has 2 unspecified atom stereocenters. The van der Waals surface area contributed by atoms with Gasteiger partial charge in [0.05, 0.1) is 23.6 Å². The average Bonchev–Trinajstić information content (AvgIpc) is 2.72. The number of ether oxygens (including phenoxy) is 1. The highest BCUT2D eigenvalue weighted by Crippen LogP contribution is 2.27. The fraction of sp³-hybridized carbons (Fsp3) is 0.318. The summed E-state index contributed by atoms with van der Waals surface area (Å²) >= 11 is 0. The second-order valence-corrected chi connectivity index (χ2v) is 7.32. The topological polar surface area (TPSA) is 98.1 Å². The molecule has 1 aromatic carbocycles. The van der Waals surface area contributed by atoms with Crippen molar-refractivity contribution in [1.82, 2.24) is 9.97 Å². The summed E-state index contributed by atoms with van der Waals surface area (Å²) in [5.41, 5.74) is 6.80. The number of nitrogens with one attached hydrogen (secondary N) is 1. The number of pyridine rings is 2. The lowest BCUT2D eigenvalue weighted by Gasteiger charge is -2.27. The Bertz CT molecular complexity index is 1100. The van der Waals surface area contributed by atoms with Crippen molar-refractivity contribution in [3.8, 4) is 0 Å². The fourth-order valence-corrected chi connectivity index (χ4v) is 3.37. The van der Waals surface area contributed by atoms with Gasteiger partial charge in [0.1, 0.15) is 5.69 Å². The molecule has 30 heavy (non-hydrogen) atoms. The maximum absolute atomic E-state index is 12.4. The first-order valence-corrected chi connectivity index (χ1v) is 9.62. The number of primary amides is 1. The van der Waals surface area contributed by atoms with Gasteiger partial charge in [-0.2, -0.15) is 0 Å². The predicted octanol–water partition coefficient (Wildman–Crippen LogP) is 3.58. The van der Waals surface area contributed by atoms with Crippen LogP contribution >= 0.6 is 0 Å². The predicted molar refractivity (Wildman–Crippen MR) is 109 cm³/mol. The van der Waals surface area contributed by atoms with Crippen LogP contribution in [0.1, 0.15) is 47.4 Å². The average molecular weight is 415 g/mol. The Morgan fingerprint density at radius 1 is 1.27 bits per heavy atom. The molecule has 2 aromatic heterocycles. The third kappa shape index (κ3) is 4.71. The molecule has 3 N–H and O–H groups in total. The van der Waals surface area contributed by atoms with E-state index in [0.717, 1.165) is 24.6 Å². The number of fused-ring (bicyclic) bond motifs is 1. The summed E-state index contributed by atoms with van der Waals surface area (Å²) in [5.74, 6) is -2.07. The van der Waals surface area contributed by atoms with Gasteiger partial charge in [0.15, 0.2) is 17.1 Å². The number of aromatic amines is 1. The van der Waals surface area contributed by atoms with E-state index in [1.54, 1.807) is 6.07 Å². The van der Waals surface area contributed by atoms with E-state index in [2.05, 4.69) is 9.97 Å². The van der Waals surface area contributed by atoms with Crippen molar-refractivity contribution in [2.24, 2.45) is 5.73 Å². The largest absolute Gasteiger partial charge is 0.378 e. The van der Waals surface area contributed by atoms with Gasteiger partial charge in [-0.15, -0.1) is 0 Å². The molecule has 1 aliphatic rings. The molecule has 0 aliphatic carbocycles. The summed E-state index contributed by atoms with van der Waals surface area (Å²) < 4.78 is 30.2. The van der Waals surface area contributed by atoms with Crippen molar-refractivity contribution in [3.63, 3.8) is 0 Å². The number of carbonyl (C=O) groups excluding carboxylic acids is 1. The highest BCUT2D eigenvalue weighted by Gasteiger charge is 2.22. The van der Waals surface area contributed by atoms with Gasteiger partial charge in [0.2, 0.25) is 0 Å². The molecule has 8 heteroatoms. The van der Waals surface area contributed by atoms with Crippen molar-refractivity contribution in [2.45, 2.75) is 38.7 Å². The maximum atomic E-state index is 12.4. The molecule has 1 aliphatic heterocycles. The van der Waals surface area contributed by atoms with Crippen molar-refractivity contribution in [2.75, 3.05) is 6.61 Å². The molecule has 1 amide bonds. The summed E-state index contributed by atoms with van der Waals surface area (Å²) in [5, 5.41) is 0.249. The summed E-state index contributed by atoms with van der Waals surface area (Å²) in [6, 6.07) is 7.31. The number of hydrogen-bond acceptors (Lipinski definition) is 4. The fourth-order valence-electron chi connectivity index (χ4n) is 3.37. The standard InChI is InChI=1S/C15H17N3O3.C7H6F2/c1-8-2-3-9(7-21-8)11-6-12(19)13-10(18-11)4-5-17-14(13)15(16)20;1-5-3-2-4-6(8)7(5)9/h4-6,8-9H,2-3,7H2,1H3,(H2,16,20)(H,18,19);2-4H,1H3. The molecule has 0 bridgehead atoms. The number of aromatic nitrogens is 2. The molecule has 4 rings (SSSR count). The first kappa shape index (κ1) is 21.6. The number of nitrogens with zero attached hydrogens (tertiary/aromatic N) is 1. The number of nitrogens with two attached hydrogens (primary N) is 1. The summed E-state index contributed by atoms with van der Waals surface area (Å²) in [4.78, 5) is 30.8. The number of H-pyrrole nitrogens is 1. The second kappa shape index (κ2) is 9.13. The van der Waals surface area contributed by atoms with E-state index >= 15 is 0 Å².